The molecule has 3 N–H and O–H groups in total. The standard InChI is InChI=1S/C32H44N4O7/c1-6-7-24(27(37)29(39)33-20-10-11-20)34-28(38)26-16-22(17-36(26)31(40)43-32(2,3)4)42-30-23-13-12-21(41-5)14-19(23)15-25(35-30)18-8-9-18/h12-15,18,20,22,24,26-27,37H,6-11,16-17H2,1-5H3,(H,33,39)(H,34,38)/t22?,24-,26-,27?/m0/s1. The van der Waals surface area contributed by atoms with E-state index in [4.69, 9.17) is 19.2 Å². The van der Waals surface area contributed by atoms with Gasteiger partial charge in [-0.3, -0.25) is 14.5 Å². The highest BCUT2D eigenvalue weighted by Gasteiger charge is 2.44. The van der Waals surface area contributed by atoms with Crippen LogP contribution in [0.5, 0.6) is 11.6 Å². The van der Waals surface area contributed by atoms with E-state index in [0.717, 1.165) is 47.9 Å². The van der Waals surface area contributed by atoms with Crippen LogP contribution in [-0.2, 0) is 14.3 Å². The molecule has 234 valence electrons. The lowest BCUT2D eigenvalue weighted by Gasteiger charge is -2.29. The maximum absolute atomic E-state index is 13.7. The number of ether oxygens (including phenoxy) is 3. The van der Waals surface area contributed by atoms with E-state index in [-0.39, 0.29) is 19.0 Å². The molecule has 3 fully saturated rings. The molecule has 2 saturated carbocycles. The summed E-state index contributed by atoms with van der Waals surface area (Å²) in [6.07, 6.45) is 2.59. The molecule has 2 unspecified atom stereocenters. The molecule has 3 aliphatic rings. The van der Waals surface area contributed by atoms with Crippen molar-refractivity contribution < 1.29 is 33.7 Å². The fraction of sp³-hybridized carbons (Fsp3) is 0.625. The molecular weight excluding hydrogens is 552 g/mol. The summed E-state index contributed by atoms with van der Waals surface area (Å²) in [5.74, 6) is 0.603. The maximum atomic E-state index is 13.7. The van der Waals surface area contributed by atoms with Gasteiger partial charge in [0.2, 0.25) is 11.8 Å². The molecule has 4 atom stereocenters. The van der Waals surface area contributed by atoms with E-state index < -0.39 is 47.8 Å². The van der Waals surface area contributed by atoms with E-state index in [1.165, 1.54) is 4.90 Å². The van der Waals surface area contributed by atoms with Crippen LogP contribution in [0.3, 0.4) is 0 Å². The van der Waals surface area contributed by atoms with Crippen LogP contribution in [0.25, 0.3) is 10.8 Å². The topological polar surface area (TPSA) is 139 Å². The number of aliphatic hydroxyl groups excluding tert-OH is 1. The Morgan fingerprint density at radius 3 is 2.51 bits per heavy atom. The number of benzene rings is 1. The van der Waals surface area contributed by atoms with E-state index in [2.05, 4.69) is 16.7 Å². The summed E-state index contributed by atoms with van der Waals surface area (Å²) < 4.78 is 17.5. The largest absolute Gasteiger partial charge is 0.497 e. The number of fused-ring (bicyclic) bond motifs is 1. The fourth-order valence-electron chi connectivity index (χ4n) is 5.44. The molecular formula is C32H44N4O7. The molecule has 11 nitrogen and oxygen atoms in total. The van der Waals surface area contributed by atoms with Crippen LogP contribution in [0.4, 0.5) is 4.79 Å². The van der Waals surface area contributed by atoms with Gasteiger partial charge in [0.1, 0.15) is 23.5 Å². The Bertz CT molecular complexity index is 1350. The minimum Gasteiger partial charge on any atom is -0.497 e. The molecule has 0 bridgehead atoms. The molecule has 1 aliphatic heterocycles. The Morgan fingerprint density at radius 1 is 1.14 bits per heavy atom. The van der Waals surface area contributed by atoms with Gasteiger partial charge >= 0.3 is 6.09 Å². The van der Waals surface area contributed by atoms with Gasteiger partial charge in [-0.1, -0.05) is 13.3 Å². The number of carbonyl (C=O) groups is 3. The Kier molecular flexibility index (Phi) is 9.01. The van der Waals surface area contributed by atoms with Gasteiger partial charge < -0.3 is 30.0 Å². The van der Waals surface area contributed by atoms with Crippen molar-refractivity contribution in [3.05, 3.63) is 30.0 Å². The van der Waals surface area contributed by atoms with Crippen molar-refractivity contribution in [2.24, 2.45) is 0 Å². The Labute approximate surface area is 252 Å². The number of likely N-dealkylation sites (tertiary alicyclic amines) is 1. The molecule has 0 spiro atoms. The molecule has 1 saturated heterocycles. The average Bonchev–Trinajstić information content (AvgIpc) is 3.89. The van der Waals surface area contributed by atoms with Crippen LogP contribution in [-0.4, -0.2) is 82.5 Å². The van der Waals surface area contributed by atoms with Gasteiger partial charge in [-0.15, -0.1) is 0 Å². The predicted octanol–water partition coefficient (Wildman–Crippen LogP) is 3.80. The van der Waals surface area contributed by atoms with Gasteiger partial charge in [-0.2, -0.15) is 0 Å². The summed E-state index contributed by atoms with van der Waals surface area (Å²) in [5, 5.41) is 18.2. The van der Waals surface area contributed by atoms with Crippen molar-refractivity contribution in [2.75, 3.05) is 13.7 Å². The van der Waals surface area contributed by atoms with Gasteiger partial charge in [0, 0.05) is 29.5 Å². The first-order chi connectivity index (χ1) is 20.5. The van der Waals surface area contributed by atoms with Crippen molar-refractivity contribution >= 4 is 28.7 Å². The van der Waals surface area contributed by atoms with Gasteiger partial charge in [0.05, 0.1) is 19.7 Å². The van der Waals surface area contributed by atoms with Crippen molar-refractivity contribution in [1.29, 1.82) is 0 Å². The smallest absolute Gasteiger partial charge is 0.411 e. The first-order valence-corrected chi connectivity index (χ1v) is 15.4. The second-order valence-corrected chi connectivity index (χ2v) is 13.0. The van der Waals surface area contributed by atoms with E-state index >= 15 is 0 Å². The number of hydrogen-bond donors (Lipinski definition) is 3. The predicted molar refractivity (Wildman–Crippen MR) is 160 cm³/mol. The number of aromatic nitrogens is 1. The highest BCUT2D eigenvalue weighted by molar-refractivity contribution is 5.89. The Balaban J connectivity index is 1.37. The van der Waals surface area contributed by atoms with Crippen LogP contribution in [0.15, 0.2) is 24.3 Å². The second kappa shape index (κ2) is 12.6. The molecule has 2 aliphatic carbocycles. The molecule has 1 aromatic heterocycles. The lowest BCUT2D eigenvalue weighted by Crippen LogP contribution is -2.55. The fourth-order valence-corrected chi connectivity index (χ4v) is 5.44. The number of nitrogens with one attached hydrogen (secondary N) is 2. The number of pyridine rings is 1. The normalized spacial score (nSPS) is 21.7. The monoisotopic (exact) mass is 596 g/mol. The molecule has 3 amide bonds. The number of rotatable bonds is 11. The second-order valence-electron chi connectivity index (χ2n) is 13.0. The minimum absolute atomic E-state index is 0.0831. The van der Waals surface area contributed by atoms with Crippen molar-refractivity contribution in [3.63, 3.8) is 0 Å². The number of carbonyl (C=O) groups excluding carboxylic acids is 3. The summed E-state index contributed by atoms with van der Waals surface area (Å²) >= 11 is 0. The third kappa shape index (κ3) is 7.68. The molecule has 1 aromatic carbocycles. The average molecular weight is 597 g/mol. The summed E-state index contributed by atoms with van der Waals surface area (Å²) in [6.45, 7) is 7.33. The number of aliphatic hydroxyl groups is 1. The molecule has 2 aromatic rings. The van der Waals surface area contributed by atoms with Crippen LogP contribution < -0.4 is 20.1 Å². The lowest BCUT2D eigenvalue weighted by atomic mass is 10.0. The minimum atomic E-state index is -1.40. The number of amides is 3. The van der Waals surface area contributed by atoms with Gasteiger partial charge in [-0.25, -0.2) is 9.78 Å². The molecule has 43 heavy (non-hydrogen) atoms. The van der Waals surface area contributed by atoms with Gasteiger partial charge in [-0.05, 0) is 82.5 Å². The SMILES string of the molecule is CCC[C@H](NC(=O)[C@@H]1CC(Oc2nc(C3CC3)cc3cc(OC)ccc23)CN1C(=O)OC(C)(C)C)C(O)C(=O)NC1CC1. The highest BCUT2D eigenvalue weighted by Crippen LogP contribution is 2.42. The molecule has 11 heteroatoms. The van der Waals surface area contributed by atoms with Crippen LogP contribution in [0.1, 0.15) is 84.3 Å². The molecule has 0 radical (unpaired) electrons. The van der Waals surface area contributed by atoms with Gasteiger partial charge in [0.25, 0.3) is 5.91 Å². The number of methoxy groups -OCH3 is 1. The van der Waals surface area contributed by atoms with Crippen molar-refractivity contribution in [2.45, 2.75) is 114 Å². The zero-order valence-corrected chi connectivity index (χ0v) is 25.7. The number of nitrogens with zero attached hydrogens (tertiary/aromatic N) is 2. The van der Waals surface area contributed by atoms with E-state index in [0.29, 0.717) is 24.6 Å². The molecule has 5 rings (SSSR count). The number of hydrogen-bond acceptors (Lipinski definition) is 8. The summed E-state index contributed by atoms with van der Waals surface area (Å²) in [5.41, 5.74) is 0.182. The van der Waals surface area contributed by atoms with Crippen LogP contribution in [0, 0.1) is 0 Å². The zero-order chi connectivity index (χ0) is 30.9. The van der Waals surface area contributed by atoms with Crippen LogP contribution >= 0.6 is 0 Å². The Hall–Kier alpha value is -3.60. The third-order valence-electron chi connectivity index (χ3n) is 7.99. The summed E-state index contributed by atoms with van der Waals surface area (Å²) in [4.78, 5) is 45.8. The third-order valence-corrected chi connectivity index (χ3v) is 7.99. The van der Waals surface area contributed by atoms with Crippen molar-refractivity contribution in [3.8, 4) is 11.6 Å². The first-order valence-electron chi connectivity index (χ1n) is 15.4. The zero-order valence-electron chi connectivity index (χ0n) is 25.7. The lowest BCUT2D eigenvalue weighted by molar-refractivity contribution is -0.133. The summed E-state index contributed by atoms with van der Waals surface area (Å²) in [6, 6.07) is 6.14. The van der Waals surface area contributed by atoms with E-state index in [1.807, 2.05) is 25.1 Å². The highest BCUT2D eigenvalue weighted by atomic mass is 16.6. The first kappa shape index (κ1) is 30.8. The summed E-state index contributed by atoms with van der Waals surface area (Å²) in [7, 11) is 1.63. The maximum Gasteiger partial charge on any atom is 0.411 e. The Morgan fingerprint density at radius 2 is 1.88 bits per heavy atom. The van der Waals surface area contributed by atoms with E-state index in [1.54, 1.807) is 27.9 Å². The molecule has 2 heterocycles. The quantitative estimate of drug-likeness (QED) is 0.356. The van der Waals surface area contributed by atoms with Gasteiger partial charge in [0.15, 0.2) is 6.10 Å². The van der Waals surface area contributed by atoms with E-state index in [9.17, 15) is 19.5 Å². The van der Waals surface area contributed by atoms with Crippen LogP contribution in [0.2, 0.25) is 0 Å². The van der Waals surface area contributed by atoms with Crippen molar-refractivity contribution in [1.82, 2.24) is 20.5 Å².